The van der Waals surface area contributed by atoms with Gasteiger partial charge in [0.05, 0.1) is 45.0 Å². The number of methoxy groups -OCH3 is 1. The van der Waals surface area contributed by atoms with Crippen LogP contribution in [0.4, 0.5) is 5.69 Å². The molecule has 0 aliphatic carbocycles. The van der Waals surface area contributed by atoms with Crippen LogP contribution < -0.4 is 24.4 Å². The van der Waals surface area contributed by atoms with Gasteiger partial charge < -0.3 is 14.2 Å². The van der Waals surface area contributed by atoms with E-state index < -0.39 is 16.9 Å². The average Bonchev–Trinajstić information content (AvgIpc) is 3.44. The predicted molar refractivity (Wildman–Crippen MR) is 200 cm³/mol. The number of ether oxygens (including phenoxy) is 3. The Morgan fingerprint density at radius 2 is 1.76 bits per heavy atom. The summed E-state index contributed by atoms with van der Waals surface area (Å²) in [5, 5.41) is 11.0. The molecular formula is C39H34BrN3O7S. The number of carbonyl (C=O) groups is 1. The molecule has 0 N–H and O–H groups in total. The van der Waals surface area contributed by atoms with Crippen LogP contribution in [0.25, 0.3) is 11.8 Å². The Hall–Kier alpha value is -5.33. The number of halogens is 1. The van der Waals surface area contributed by atoms with Crippen molar-refractivity contribution >= 4 is 50.7 Å². The third-order valence-corrected chi connectivity index (χ3v) is 9.94. The van der Waals surface area contributed by atoms with Crippen molar-refractivity contribution < 1.29 is 23.9 Å². The fourth-order valence-corrected chi connectivity index (χ4v) is 7.38. The lowest BCUT2D eigenvalue weighted by Gasteiger charge is -2.26. The van der Waals surface area contributed by atoms with Crippen molar-refractivity contribution in [1.29, 1.82) is 0 Å². The maximum Gasteiger partial charge on any atom is 0.338 e. The number of nitro groups is 1. The molecule has 0 fully saturated rings. The molecule has 10 nitrogen and oxygen atoms in total. The molecule has 1 aromatic heterocycles. The van der Waals surface area contributed by atoms with Crippen LogP contribution in [0.5, 0.6) is 11.5 Å². The van der Waals surface area contributed by atoms with Crippen molar-refractivity contribution in [2.45, 2.75) is 39.3 Å². The number of thiazole rings is 1. The SMILES string of the molecule is CCOC(=O)C1=C(c2ccccc2)N=c2s/c(=C\c3cc(Br)c(OCc4ccc([N+](=O)[O-])cc4)c(OC)c3)c(=O)n2[C@@H]1c1ccc(C(C)C)cc1. The Bertz CT molecular complexity index is 2310. The summed E-state index contributed by atoms with van der Waals surface area (Å²) in [6.07, 6.45) is 1.76. The van der Waals surface area contributed by atoms with E-state index in [9.17, 15) is 19.7 Å². The van der Waals surface area contributed by atoms with Crippen LogP contribution in [-0.4, -0.2) is 29.2 Å². The van der Waals surface area contributed by atoms with E-state index in [0.29, 0.717) is 48.1 Å². The lowest BCUT2D eigenvalue weighted by atomic mass is 9.91. The van der Waals surface area contributed by atoms with Crippen molar-refractivity contribution in [1.82, 2.24) is 4.57 Å². The minimum atomic E-state index is -0.782. The van der Waals surface area contributed by atoms with Crippen molar-refractivity contribution in [2.24, 2.45) is 4.99 Å². The lowest BCUT2D eigenvalue weighted by Crippen LogP contribution is -2.40. The molecule has 12 heteroatoms. The minimum absolute atomic E-state index is 0.00379. The van der Waals surface area contributed by atoms with Crippen LogP contribution in [0.2, 0.25) is 0 Å². The van der Waals surface area contributed by atoms with Gasteiger partial charge in [-0.3, -0.25) is 19.5 Å². The Kier molecular flexibility index (Phi) is 10.6. The largest absolute Gasteiger partial charge is 0.493 e. The van der Waals surface area contributed by atoms with Gasteiger partial charge in [0.2, 0.25) is 0 Å². The molecule has 5 aromatic rings. The molecule has 0 bridgehead atoms. The number of rotatable bonds is 11. The first kappa shape index (κ1) is 35.5. The average molecular weight is 769 g/mol. The molecule has 0 radical (unpaired) electrons. The molecule has 0 unspecified atom stereocenters. The molecule has 2 heterocycles. The minimum Gasteiger partial charge on any atom is -0.493 e. The highest BCUT2D eigenvalue weighted by Crippen LogP contribution is 2.38. The zero-order valence-corrected chi connectivity index (χ0v) is 30.7. The number of aromatic nitrogens is 1. The van der Waals surface area contributed by atoms with E-state index >= 15 is 0 Å². The Labute approximate surface area is 306 Å². The summed E-state index contributed by atoms with van der Waals surface area (Å²) in [5.41, 5.74) is 4.47. The highest BCUT2D eigenvalue weighted by molar-refractivity contribution is 9.10. The number of carbonyl (C=O) groups excluding carboxylic acids is 1. The highest BCUT2D eigenvalue weighted by Gasteiger charge is 2.35. The van der Waals surface area contributed by atoms with Gasteiger partial charge in [-0.2, -0.15) is 0 Å². The number of esters is 1. The summed E-state index contributed by atoms with van der Waals surface area (Å²) >= 11 is 4.82. The van der Waals surface area contributed by atoms with Gasteiger partial charge >= 0.3 is 5.97 Å². The summed E-state index contributed by atoms with van der Waals surface area (Å²) in [6.45, 7) is 6.29. The van der Waals surface area contributed by atoms with Gasteiger partial charge in [0.15, 0.2) is 16.3 Å². The Morgan fingerprint density at radius 3 is 2.39 bits per heavy atom. The molecule has 1 aliphatic rings. The molecule has 4 aromatic carbocycles. The number of non-ortho nitro benzene ring substituents is 1. The molecule has 51 heavy (non-hydrogen) atoms. The first-order chi connectivity index (χ1) is 24.6. The zero-order valence-electron chi connectivity index (χ0n) is 28.3. The van der Waals surface area contributed by atoms with E-state index in [4.69, 9.17) is 19.2 Å². The van der Waals surface area contributed by atoms with Gasteiger partial charge in [-0.25, -0.2) is 9.79 Å². The fourth-order valence-electron chi connectivity index (χ4n) is 5.80. The van der Waals surface area contributed by atoms with E-state index in [1.807, 2.05) is 60.7 Å². The monoisotopic (exact) mass is 767 g/mol. The molecule has 0 spiro atoms. The summed E-state index contributed by atoms with van der Waals surface area (Å²) in [7, 11) is 1.52. The fraction of sp³-hybridized carbons (Fsp3) is 0.205. The van der Waals surface area contributed by atoms with Gasteiger partial charge in [0, 0.05) is 17.7 Å². The van der Waals surface area contributed by atoms with Crippen molar-refractivity contribution in [3.63, 3.8) is 0 Å². The predicted octanol–water partition coefficient (Wildman–Crippen LogP) is 7.32. The van der Waals surface area contributed by atoms with Gasteiger partial charge in [0.1, 0.15) is 6.61 Å². The summed E-state index contributed by atoms with van der Waals surface area (Å²) in [6, 6.07) is 26.3. The zero-order chi connectivity index (χ0) is 36.2. The Morgan fingerprint density at radius 1 is 1.06 bits per heavy atom. The topological polar surface area (TPSA) is 122 Å². The van der Waals surface area contributed by atoms with E-state index in [0.717, 1.165) is 22.3 Å². The van der Waals surface area contributed by atoms with Crippen molar-refractivity contribution in [3.05, 3.63) is 159 Å². The van der Waals surface area contributed by atoms with Gasteiger partial charge in [0.25, 0.3) is 11.2 Å². The number of benzene rings is 4. The first-order valence-corrected chi connectivity index (χ1v) is 17.8. The molecule has 6 rings (SSSR count). The standard InChI is InChI=1S/C39H34BrN3O7S/c1-5-49-38(45)33-34(27-9-7-6-8-10-27)41-39-42(35(33)28-15-13-26(14-16-28)23(2)3)37(44)32(51-39)21-25-19-30(40)36(31(20-25)48-4)50-22-24-11-17-29(18-12-24)43(46)47/h6-21,23,35H,5,22H2,1-4H3/b32-21-/t35-/m1/s1. The molecule has 1 atom stereocenters. The van der Waals surface area contributed by atoms with Gasteiger partial charge in [-0.1, -0.05) is 79.8 Å². The Balaban J connectivity index is 1.46. The van der Waals surface area contributed by atoms with E-state index in [2.05, 4.69) is 29.8 Å². The third-order valence-electron chi connectivity index (χ3n) is 8.37. The molecule has 0 saturated heterocycles. The first-order valence-electron chi connectivity index (χ1n) is 16.2. The quantitative estimate of drug-likeness (QED) is 0.0785. The van der Waals surface area contributed by atoms with E-state index in [1.54, 1.807) is 35.8 Å². The molecular weight excluding hydrogens is 734 g/mol. The second-order valence-electron chi connectivity index (χ2n) is 12.0. The van der Waals surface area contributed by atoms with Crippen LogP contribution in [-0.2, 0) is 16.1 Å². The summed E-state index contributed by atoms with van der Waals surface area (Å²) in [5.74, 6) is 0.622. The maximum atomic E-state index is 14.4. The number of hydrogen-bond acceptors (Lipinski definition) is 9. The van der Waals surface area contributed by atoms with Gasteiger partial charge in [-0.15, -0.1) is 0 Å². The smallest absolute Gasteiger partial charge is 0.338 e. The van der Waals surface area contributed by atoms with E-state index in [1.165, 1.54) is 30.6 Å². The number of hydrogen-bond donors (Lipinski definition) is 0. The molecule has 0 saturated carbocycles. The van der Waals surface area contributed by atoms with Crippen LogP contribution in [0, 0.1) is 10.1 Å². The second-order valence-corrected chi connectivity index (χ2v) is 13.9. The molecule has 260 valence electrons. The normalized spacial score (nSPS) is 14.2. The van der Waals surface area contributed by atoms with Crippen molar-refractivity contribution in [3.8, 4) is 11.5 Å². The van der Waals surface area contributed by atoms with Crippen LogP contribution >= 0.6 is 27.3 Å². The van der Waals surface area contributed by atoms with Crippen LogP contribution in [0.15, 0.2) is 111 Å². The summed E-state index contributed by atoms with van der Waals surface area (Å²) in [4.78, 5) is 44.1. The summed E-state index contributed by atoms with van der Waals surface area (Å²) < 4.78 is 19.9. The van der Waals surface area contributed by atoms with Crippen LogP contribution in [0.3, 0.4) is 0 Å². The lowest BCUT2D eigenvalue weighted by molar-refractivity contribution is -0.384. The van der Waals surface area contributed by atoms with Crippen molar-refractivity contribution in [2.75, 3.05) is 13.7 Å². The van der Waals surface area contributed by atoms with Gasteiger partial charge in [-0.05, 0) is 81.4 Å². The molecule has 1 aliphatic heterocycles. The molecule has 0 amide bonds. The third kappa shape index (κ3) is 7.42. The van der Waals surface area contributed by atoms with E-state index in [-0.39, 0.29) is 24.5 Å². The second kappa shape index (κ2) is 15.3. The number of nitrogens with zero attached hydrogens (tertiary/aromatic N) is 3. The number of nitro benzene ring substituents is 1. The maximum absolute atomic E-state index is 14.4. The number of fused-ring (bicyclic) bond motifs is 1. The van der Waals surface area contributed by atoms with Crippen LogP contribution in [0.1, 0.15) is 60.5 Å². The highest BCUT2D eigenvalue weighted by atomic mass is 79.9.